The maximum absolute atomic E-state index is 12.2. The van der Waals surface area contributed by atoms with Crippen molar-refractivity contribution in [1.82, 2.24) is 10.2 Å². The highest BCUT2D eigenvalue weighted by Crippen LogP contribution is 2.16. The molecule has 1 fully saturated rings. The van der Waals surface area contributed by atoms with Crippen LogP contribution < -0.4 is 5.32 Å². The zero-order chi connectivity index (χ0) is 13.7. The Balaban J connectivity index is 2.52. The second-order valence-electron chi connectivity index (χ2n) is 4.42. The van der Waals surface area contributed by atoms with Crippen LogP contribution in [-0.2, 0) is 9.59 Å². The Morgan fingerprint density at radius 3 is 2.67 bits per heavy atom. The molecule has 0 radical (unpaired) electrons. The van der Waals surface area contributed by atoms with Crippen molar-refractivity contribution in [1.29, 1.82) is 0 Å². The fourth-order valence-corrected chi connectivity index (χ4v) is 2.51. The van der Waals surface area contributed by atoms with Crippen LogP contribution in [0.15, 0.2) is 0 Å². The maximum Gasteiger partial charge on any atom is 0.303 e. The lowest BCUT2D eigenvalue weighted by Crippen LogP contribution is -2.48. The molecular weight excluding hydrogens is 256 g/mol. The lowest BCUT2D eigenvalue weighted by Gasteiger charge is -2.28. The largest absolute Gasteiger partial charge is 0.481 e. The van der Waals surface area contributed by atoms with Gasteiger partial charge in [-0.3, -0.25) is 14.4 Å². The molecule has 18 heavy (non-hydrogen) atoms. The zero-order valence-corrected chi connectivity index (χ0v) is 11.3. The molecule has 1 heterocycles. The minimum Gasteiger partial charge on any atom is -0.481 e. The van der Waals surface area contributed by atoms with Crippen LogP contribution in [0, 0.1) is 0 Å². The first kappa shape index (κ1) is 14.8. The van der Waals surface area contributed by atoms with Crippen LogP contribution in [0.1, 0.15) is 26.7 Å². The first-order chi connectivity index (χ1) is 8.41. The molecule has 7 heteroatoms. The Morgan fingerprint density at radius 2 is 2.22 bits per heavy atom. The quantitative estimate of drug-likeness (QED) is 0.752. The van der Waals surface area contributed by atoms with Gasteiger partial charge in [0.25, 0.3) is 5.24 Å². The van der Waals surface area contributed by atoms with Crippen molar-refractivity contribution in [3.63, 3.8) is 0 Å². The topological polar surface area (TPSA) is 86.7 Å². The Morgan fingerprint density at radius 1 is 1.56 bits per heavy atom. The number of aliphatic carboxylic acids is 1. The standard InChI is InChI=1S/C11H18N2O4S/c1-7(2)13(5-3-4-9(14)15)10(16)8-6-18-11(17)12-8/h7-8H,3-6H2,1-2H3,(H,12,17)(H,14,15). The van der Waals surface area contributed by atoms with Gasteiger partial charge in [-0.25, -0.2) is 0 Å². The number of nitrogens with one attached hydrogen (secondary N) is 1. The van der Waals surface area contributed by atoms with Crippen molar-refractivity contribution in [3.05, 3.63) is 0 Å². The summed E-state index contributed by atoms with van der Waals surface area (Å²) >= 11 is 1.10. The molecule has 1 rings (SSSR count). The number of rotatable bonds is 6. The van der Waals surface area contributed by atoms with Crippen LogP contribution in [0.3, 0.4) is 0 Å². The fourth-order valence-electron chi connectivity index (χ4n) is 1.74. The summed E-state index contributed by atoms with van der Waals surface area (Å²) in [6, 6.07) is -0.483. The van der Waals surface area contributed by atoms with Crippen molar-refractivity contribution in [2.75, 3.05) is 12.3 Å². The van der Waals surface area contributed by atoms with E-state index < -0.39 is 12.0 Å². The van der Waals surface area contributed by atoms with Gasteiger partial charge in [-0.05, 0) is 20.3 Å². The van der Waals surface area contributed by atoms with E-state index in [2.05, 4.69) is 5.32 Å². The van der Waals surface area contributed by atoms with Gasteiger partial charge in [-0.15, -0.1) is 0 Å². The average molecular weight is 274 g/mol. The monoisotopic (exact) mass is 274 g/mol. The van der Waals surface area contributed by atoms with Gasteiger partial charge in [0.05, 0.1) is 0 Å². The Hall–Kier alpha value is -1.24. The van der Waals surface area contributed by atoms with Gasteiger partial charge in [0.2, 0.25) is 5.91 Å². The molecule has 1 aliphatic rings. The summed E-state index contributed by atoms with van der Waals surface area (Å²) in [4.78, 5) is 35.3. The minimum absolute atomic E-state index is 0.00574. The molecule has 2 amide bonds. The first-order valence-electron chi connectivity index (χ1n) is 5.87. The number of thioether (sulfide) groups is 1. The Kier molecular flexibility index (Phi) is 5.46. The number of carbonyl (C=O) groups excluding carboxylic acids is 2. The van der Waals surface area contributed by atoms with Crippen molar-refractivity contribution in [2.24, 2.45) is 0 Å². The van der Waals surface area contributed by atoms with Gasteiger partial charge in [0.1, 0.15) is 6.04 Å². The molecule has 0 aromatic carbocycles. The van der Waals surface area contributed by atoms with E-state index in [-0.39, 0.29) is 23.6 Å². The minimum atomic E-state index is -0.865. The van der Waals surface area contributed by atoms with E-state index in [0.29, 0.717) is 18.7 Å². The van der Waals surface area contributed by atoms with Gasteiger partial charge in [-0.2, -0.15) is 0 Å². The second-order valence-corrected chi connectivity index (χ2v) is 5.41. The number of nitrogens with zero attached hydrogens (tertiary/aromatic N) is 1. The predicted molar refractivity (Wildman–Crippen MR) is 68.5 cm³/mol. The first-order valence-corrected chi connectivity index (χ1v) is 6.86. The van der Waals surface area contributed by atoms with E-state index in [1.807, 2.05) is 13.8 Å². The normalized spacial score (nSPS) is 18.8. The van der Waals surface area contributed by atoms with Crippen LogP contribution >= 0.6 is 11.8 Å². The lowest BCUT2D eigenvalue weighted by atomic mass is 10.2. The molecule has 1 unspecified atom stereocenters. The molecule has 0 spiro atoms. The van der Waals surface area contributed by atoms with Crippen molar-refractivity contribution in [3.8, 4) is 0 Å². The summed E-state index contributed by atoms with van der Waals surface area (Å²) in [5.74, 6) is -0.551. The molecule has 6 nitrogen and oxygen atoms in total. The van der Waals surface area contributed by atoms with Crippen LogP contribution in [0.25, 0.3) is 0 Å². The van der Waals surface area contributed by atoms with Crippen molar-refractivity contribution < 1.29 is 19.5 Å². The summed E-state index contributed by atoms with van der Waals surface area (Å²) in [7, 11) is 0. The zero-order valence-electron chi connectivity index (χ0n) is 10.5. The summed E-state index contributed by atoms with van der Waals surface area (Å²) in [5.41, 5.74) is 0. The molecule has 0 saturated carbocycles. The summed E-state index contributed by atoms with van der Waals surface area (Å²) in [6.07, 6.45) is 0.468. The van der Waals surface area contributed by atoms with E-state index in [1.165, 1.54) is 0 Å². The number of amides is 2. The highest BCUT2D eigenvalue weighted by molar-refractivity contribution is 8.14. The molecule has 0 bridgehead atoms. The Bertz CT molecular complexity index is 346. The molecule has 0 aliphatic carbocycles. The van der Waals surface area contributed by atoms with Crippen LogP contribution in [0.4, 0.5) is 4.79 Å². The maximum atomic E-state index is 12.2. The lowest BCUT2D eigenvalue weighted by molar-refractivity contribution is -0.139. The smallest absolute Gasteiger partial charge is 0.303 e. The van der Waals surface area contributed by atoms with E-state index in [9.17, 15) is 14.4 Å². The van der Waals surface area contributed by atoms with Crippen LogP contribution in [0.5, 0.6) is 0 Å². The number of hydrogen-bond donors (Lipinski definition) is 2. The molecule has 0 aromatic heterocycles. The van der Waals surface area contributed by atoms with Crippen LogP contribution in [0.2, 0.25) is 0 Å². The number of carboxylic acids is 1. The summed E-state index contributed by atoms with van der Waals surface area (Å²) in [5, 5.41) is 11.0. The Labute approximate surface area is 110 Å². The third-order valence-electron chi connectivity index (χ3n) is 2.67. The SMILES string of the molecule is CC(C)N(CCCC(=O)O)C(=O)C1CSC(=O)N1. The third-order valence-corrected chi connectivity index (χ3v) is 3.55. The molecule has 2 N–H and O–H groups in total. The van der Waals surface area contributed by atoms with Gasteiger partial charge in [0.15, 0.2) is 0 Å². The van der Waals surface area contributed by atoms with Gasteiger partial charge < -0.3 is 15.3 Å². The van der Waals surface area contributed by atoms with E-state index in [1.54, 1.807) is 4.90 Å². The molecule has 1 saturated heterocycles. The van der Waals surface area contributed by atoms with Crippen LogP contribution in [-0.4, -0.2) is 51.5 Å². The van der Waals surface area contributed by atoms with Crippen molar-refractivity contribution >= 4 is 28.9 Å². The predicted octanol–water partition coefficient (Wildman–Crippen LogP) is 0.913. The summed E-state index contributed by atoms with van der Waals surface area (Å²) in [6.45, 7) is 4.16. The number of carbonyl (C=O) groups is 3. The second kappa shape index (κ2) is 6.63. The number of carboxylic acid groups (broad SMARTS) is 1. The van der Waals surface area contributed by atoms with Gasteiger partial charge in [-0.1, -0.05) is 11.8 Å². The highest BCUT2D eigenvalue weighted by Gasteiger charge is 2.32. The molecule has 0 aromatic rings. The molecular formula is C11H18N2O4S. The van der Waals surface area contributed by atoms with Gasteiger partial charge in [0, 0.05) is 24.8 Å². The van der Waals surface area contributed by atoms with E-state index in [0.717, 1.165) is 11.8 Å². The summed E-state index contributed by atoms with van der Waals surface area (Å²) < 4.78 is 0. The molecule has 1 aliphatic heterocycles. The molecule has 1 atom stereocenters. The van der Waals surface area contributed by atoms with E-state index >= 15 is 0 Å². The van der Waals surface area contributed by atoms with Gasteiger partial charge >= 0.3 is 5.97 Å². The third kappa shape index (κ3) is 4.21. The average Bonchev–Trinajstić information content (AvgIpc) is 2.69. The number of hydrogen-bond acceptors (Lipinski definition) is 4. The highest BCUT2D eigenvalue weighted by atomic mass is 32.2. The van der Waals surface area contributed by atoms with E-state index in [4.69, 9.17) is 5.11 Å². The fraction of sp³-hybridized carbons (Fsp3) is 0.727. The van der Waals surface area contributed by atoms with Crippen molar-refractivity contribution in [2.45, 2.75) is 38.8 Å². The molecule has 102 valence electrons.